The standard InChI is InChI=1S/C18H23N3O4S/c1-10-8-12(11(2)24-10)15(22)20-16-19-13-6-7-21(9-14(13)26-16)17(23)25-18(3,4)5/h8H,6-7,9H2,1-5H3,(H,19,20,22). The van der Waals surface area contributed by atoms with Crippen LogP contribution >= 0.6 is 11.3 Å². The molecule has 140 valence electrons. The van der Waals surface area contributed by atoms with Crippen molar-refractivity contribution in [3.8, 4) is 0 Å². The first-order valence-corrected chi connectivity index (χ1v) is 9.29. The van der Waals surface area contributed by atoms with Crippen molar-refractivity contribution in [3.63, 3.8) is 0 Å². The van der Waals surface area contributed by atoms with Crippen molar-refractivity contribution in [1.82, 2.24) is 9.88 Å². The Bertz CT molecular complexity index is 847. The van der Waals surface area contributed by atoms with Gasteiger partial charge in [-0.3, -0.25) is 10.1 Å². The third kappa shape index (κ3) is 4.07. The molecule has 8 heteroatoms. The molecule has 0 bridgehead atoms. The number of anilines is 1. The third-order valence-corrected chi connectivity index (χ3v) is 4.89. The molecule has 3 rings (SSSR count). The number of rotatable bonds is 2. The third-order valence-electron chi connectivity index (χ3n) is 3.89. The van der Waals surface area contributed by atoms with Crippen LogP contribution in [0.1, 0.15) is 53.2 Å². The van der Waals surface area contributed by atoms with Crippen molar-refractivity contribution >= 4 is 28.5 Å². The van der Waals surface area contributed by atoms with Crippen molar-refractivity contribution in [2.24, 2.45) is 0 Å². The van der Waals surface area contributed by atoms with Gasteiger partial charge in [-0.25, -0.2) is 9.78 Å². The normalized spacial score (nSPS) is 14.1. The minimum Gasteiger partial charge on any atom is -0.466 e. The number of thiazole rings is 1. The molecule has 0 fully saturated rings. The summed E-state index contributed by atoms with van der Waals surface area (Å²) in [7, 11) is 0. The topological polar surface area (TPSA) is 84.7 Å². The Morgan fingerprint density at radius 2 is 2.08 bits per heavy atom. The van der Waals surface area contributed by atoms with Crippen LogP contribution in [0.25, 0.3) is 0 Å². The van der Waals surface area contributed by atoms with Crippen LogP contribution in [-0.2, 0) is 17.7 Å². The summed E-state index contributed by atoms with van der Waals surface area (Å²) in [6.07, 6.45) is 0.316. The molecule has 2 aromatic heterocycles. The fourth-order valence-electron chi connectivity index (χ4n) is 2.75. The average Bonchev–Trinajstić information content (AvgIpc) is 3.06. The first kappa shape index (κ1) is 18.4. The van der Waals surface area contributed by atoms with Crippen LogP contribution in [0.15, 0.2) is 10.5 Å². The number of carbonyl (C=O) groups is 2. The maximum absolute atomic E-state index is 12.4. The van der Waals surface area contributed by atoms with Gasteiger partial charge in [-0.2, -0.15) is 0 Å². The molecule has 26 heavy (non-hydrogen) atoms. The molecule has 0 radical (unpaired) electrons. The van der Waals surface area contributed by atoms with Gasteiger partial charge in [0.15, 0.2) is 5.13 Å². The second-order valence-corrected chi connectivity index (χ2v) is 8.41. The highest BCUT2D eigenvalue weighted by Crippen LogP contribution is 2.29. The summed E-state index contributed by atoms with van der Waals surface area (Å²) in [5.41, 5.74) is 0.904. The van der Waals surface area contributed by atoms with Crippen LogP contribution in [0.4, 0.5) is 9.93 Å². The number of hydrogen-bond donors (Lipinski definition) is 1. The molecular formula is C18H23N3O4S. The van der Waals surface area contributed by atoms with Crippen molar-refractivity contribution < 1.29 is 18.7 Å². The maximum Gasteiger partial charge on any atom is 0.410 e. The fourth-order valence-corrected chi connectivity index (χ4v) is 3.77. The molecule has 0 unspecified atom stereocenters. The molecule has 0 spiro atoms. The minimum absolute atomic E-state index is 0.241. The number of aryl methyl sites for hydroxylation is 2. The molecule has 3 heterocycles. The van der Waals surface area contributed by atoms with Gasteiger partial charge in [0.25, 0.3) is 5.91 Å². The number of nitrogens with zero attached hydrogens (tertiary/aromatic N) is 2. The molecule has 0 atom stereocenters. The summed E-state index contributed by atoms with van der Waals surface area (Å²) in [5, 5.41) is 3.36. The van der Waals surface area contributed by atoms with E-state index in [9.17, 15) is 9.59 Å². The molecule has 1 aliphatic rings. The van der Waals surface area contributed by atoms with Crippen molar-refractivity contribution in [1.29, 1.82) is 0 Å². The van der Waals surface area contributed by atoms with Gasteiger partial charge in [-0.05, 0) is 40.7 Å². The number of carbonyl (C=O) groups excluding carboxylic acids is 2. The van der Waals surface area contributed by atoms with E-state index in [1.54, 1.807) is 24.8 Å². The van der Waals surface area contributed by atoms with E-state index in [1.807, 2.05) is 20.8 Å². The molecule has 7 nitrogen and oxygen atoms in total. The van der Waals surface area contributed by atoms with E-state index in [1.165, 1.54) is 11.3 Å². The Labute approximate surface area is 156 Å². The van der Waals surface area contributed by atoms with E-state index in [0.717, 1.165) is 10.6 Å². The Morgan fingerprint density at radius 1 is 1.35 bits per heavy atom. The van der Waals surface area contributed by atoms with Gasteiger partial charge in [0.05, 0.1) is 17.8 Å². The summed E-state index contributed by atoms with van der Waals surface area (Å²) in [4.78, 5) is 31.8. The van der Waals surface area contributed by atoms with E-state index < -0.39 is 5.60 Å². The lowest BCUT2D eigenvalue weighted by molar-refractivity contribution is 0.0225. The first-order chi connectivity index (χ1) is 12.1. The lowest BCUT2D eigenvalue weighted by Crippen LogP contribution is -2.39. The van der Waals surface area contributed by atoms with Gasteiger partial charge in [-0.15, -0.1) is 0 Å². The van der Waals surface area contributed by atoms with Crippen molar-refractivity contribution in [2.75, 3.05) is 11.9 Å². The van der Waals surface area contributed by atoms with Crippen LogP contribution in [0.2, 0.25) is 0 Å². The molecular weight excluding hydrogens is 354 g/mol. The van der Waals surface area contributed by atoms with Gasteiger partial charge < -0.3 is 14.1 Å². The maximum atomic E-state index is 12.4. The first-order valence-electron chi connectivity index (χ1n) is 8.47. The van der Waals surface area contributed by atoms with Gasteiger partial charge in [0.2, 0.25) is 0 Å². The molecule has 0 aliphatic carbocycles. The van der Waals surface area contributed by atoms with Gasteiger partial charge in [0.1, 0.15) is 17.1 Å². The predicted molar refractivity (Wildman–Crippen MR) is 98.6 cm³/mol. The second-order valence-electron chi connectivity index (χ2n) is 7.32. The molecule has 1 N–H and O–H groups in total. The van der Waals surface area contributed by atoms with Crippen LogP contribution in [0, 0.1) is 13.8 Å². The minimum atomic E-state index is -0.523. The molecule has 0 saturated carbocycles. The number of fused-ring (bicyclic) bond motifs is 1. The summed E-state index contributed by atoms with van der Waals surface area (Å²) in [5.74, 6) is 1.03. The smallest absolute Gasteiger partial charge is 0.410 e. The second kappa shape index (κ2) is 6.75. The monoisotopic (exact) mass is 377 g/mol. The highest BCUT2D eigenvalue weighted by atomic mass is 32.1. The SMILES string of the molecule is Cc1cc(C(=O)Nc2nc3c(s2)CN(C(=O)OC(C)(C)C)CC3)c(C)o1. The van der Waals surface area contributed by atoms with E-state index in [0.29, 0.717) is 41.7 Å². The zero-order valence-corrected chi connectivity index (χ0v) is 16.5. The van der Waals surface area contributed by atoms with Crippen LogP contribution in [-0.4, -0.2) is 34.0 Å². The highest BCUT2D eigenvalue weighted by Gasteiger charge is 2.28. The molecule has 0 saturated heterocycles. The Balaban J connectivity index is 1.69. The van der Waals surface area contributed by atoms with Gasteiger partial charge in [-0.1, -0.05) is 11.3 Å². The number of furan rings is 1. The number of amides is 2. The summed E-state index contributed by atoms with van der Waals surface area (Å²) in [6, 6.07) is 1.71. The molecule has 2 aromatic rings. The van der Waals surface area contributed by atoms with Crippen molar-refractivity contribution in [2.45, 2.75) is 53.2 Å². The van der Waals surface area contributed by atoms with Gasteiger partial charge in [0, 0.05) is 17.8 Å². The van der Waals surface area contributed by atoms with E-state index in [4.69, 9.17) is 9.15 Å². The van der Waals surface area contributed by atoms with Crippen LogP contribution < -0.4 is 5.32 Å². The molecule has 1 aliphatic heterocycles. The zero-order chi connectivity index (χ0) is 19.1. The number of aromatic nitrogens is 1. The van der Waals surface area contributed by atoms with Crippen molar-refractivity contribution in [3.05, 3.63) is 33.7 Å². The Hall–Kier alpha value is -2.35. The van der Waals surface area contributed by atoms with Crippen LogP contribution in [0.5, 0.6) is 0 Å². The number of ether oxygens (including phenoxy) is 1. The Kier molecular flexibility index (Phi) is 4.79. The van der Waals surface area contributed by atoms with E-state index in [2.05, 4.69) is 10.3 Å². The highest BCUT2D eigenvalue weighted by molar-refractivity contribution is 7.15. The van der Waals surface area contributed by atoms with E-state index in [-0.39, 0.29) is 12.0 Å². The lowest BCUT2D eigenvalue weighted by Gasteiger charge is -2.29. The summed E-state index contributed by atoms with van der Waals surface area (Å²) in [6.45, 7) is 10.1. The molecule has 2 amide bonds. The fraction of sp³-hybridized carbons (Fsp3) is 0.500. The Morgan fingerprint density at radius 3 is 2.69 bits per heavy atom. The van der Waals surface area contributed by atoms with Gasteiger partial charge >= 0.3 is 6.09 Å². The average molecular weight is 377 g/mol. The van der Waals surface area contributed by atoms with Crippen LogP contribution in [0.3, 0.4) is 0 Å². The summed E-state index contributed by atoms with van der Waals surface area (Å²) >= 11 is 1.39. The number of hydrogen-bond acceptors (Lipinski definition) is 6. The largest absolute Gasteiger partial charge is 0.466 e. The summed E-state index contributed by atoms with van der Waals surface area (Å²) < 4.78 is 10.8. The predicted octanol–water partition coefficient (Wildman–Crippen LogP) is 3.90. The lowest BCUT2D eigenvalue weighted by atomic mass is 10.2. The zero-order valence-electron chi connectivity index (χ0n) is 15.6. The van der Waals surface area contributed by atoms with E-state index >= 15 is 0 Å². The molecule has 0 aromatic carbocycles. The number of nitrogens with one attached hydrogen (secondary N) is 1. The quantitative estimate of drug-likeness (QED) is 0.858.